The Kier molecular flexibility index (Phi) is 15.7. The first-order valence-corrected chi connectivity index (χ1v) is 14.8. The Hall–Kier alpha value is -3.08. The Morgan fingerprint density at radius 3 is 1.92 bits per heavy atom. The van der Waals surface area contributed by atoms with Crippen molar-refractivity contribution in [2.24, 2.45) is 5.92 Å². The van der Waals surface area contributed by atoms with Gasteiger partial charge in [-0.05, 0) is 67.3 Å². The van der Waals surface area contributed by atoms with Crippen molar-refractivity contribution < 1.29 is 23.8 Å². The van der Waals surface area contributed by atoms with Crippen molar-refractivity contribution in [3.63, 3.8) is 0 Å². The molecule has 2 rings (SSSR count). The summed E-state index contributed by atoms with van der Waals surface area (Å²) < 4.78 is 16.7. The molecule has 1 atom stereocenters. The molecule has 0 amide bonds. The summed E-state index contributed by atoms with van der Waals surface area (Å²) in [5.74, 6) is 0.798. The quantitative estimate of drug-likeness (QED) is 0.0775. The molecule has 0 aliphatic rings. The van der Waals surface area contributed by atoms with Crippen molar-refractivity contribution in [3.05, 3.63) is 65.2 Å². The molecular weight excluding hydrogens is 488 g/mol. The third-order valence-corrected chi connectivity index (χ3v) is 6.85. The van der Waals surface area contributed by atoms with Crippen LogP contribution in [0.2, 0.25) is 0 Å². The smallest absolute Gasteiger partial charge is 0.343 e. The highest BCUT2D eigenvalue weighted by Gasteiger charge is 2.10. The summed E-state index contributed by atoms with van der Waals surface area (Å²) >= 11 is 0. The van der Waals surface area contributed by atoms with Crippen LogP contribution in [0, 0.1) is 5.92 Å². The molecule has 0 aliphatic heterocycles. The van der Waals surface area contributed by atoms with Gasteiger partial charge in [-0.15, -0.1) is 0 Å². The maximum Gasteiger partial charge on any atom is 0.343 e. The minimum Gasteiger partial charge on any atom is -0.494 e. The average Bonchev–Trinajstić information content (AvgIpc) is 2.95. The molecule has 5 heteroatoms. The summed E-state index contributed by atoms with van der Waals surface area (Å²) in [6.45, 7) is 9.22. The normalized spacial score (nSPS) is 12.2. The van der Waals surface area contributed by atoms with Gasteiger partial charge in [-0.25, -0.2) is 9.59 Å². The standard InChI is InChI=1S/C34H48O5/c1-5-7-8-9-10-11-12-13-14-15-24-37-31-22-18-30(19-23-31)34(36)39-32-20-16-29(17-21-32)25-28(4)33(35)38-26-27(3)6-2/h16-23,25,27H,5-15,24,26H2,1-4H3/t27-/m0/s1. The zero-order valence-electron chi connectivity index (χ0n) is 24.5. The highest BCUT2D eigenvalue weighted by molar-refractivity contribution is 5.93. The molecule has 0 unspecified atom stereocenters. The lowest BCUT2D eigenvalue weighted by Gasteiger charge is -2.10. The van der Waals surface area contributed by atoms with E-state index in [0.29, 0.717) is 36.0 Å². The van der Waals surface area contributed by atoms with E-state index in [1.807, 2.05) is 12.1 Å². The summed E-state index contributed by atoms with van der Waals surface area (Å²) in [5.41, 5.74) is 1.82. The number of ether oxygens (including phenoxy) is 3. The Morgan fingerprint density at radius 2 is 1.33 bits per heavy atom. The number of unbranched alkanes of at least 4 members (excludes halogenated alkanes) is 9. The van der Waals surface area contributed by atoms with Crippen LogP contribution in [0.1, 0.15) is 114 Å². The van der Waals surface area contributed by atoms with E-state index < -0.39 is 5.97 Å². The molecule has 0 saturated carbocycles. The van der Waals surface area contributed by atoms with Crippen molar-refractivity contribution >= 4 is 18.0 Å². The van der Waals surface area contributed by atoms with Crippen LogP contribution in [0.5, 0.6) is 11.5 Å². The van der Waals surface area contributed by atoms with Crippen molar-refractivity contribution in [2.45, 2.75) is 98.3 Å². The minimum absolute atomic E-state index is 0.318. The fourth-order valence-electron chi connectivity index (χ4n) is 4.02. The Morgan fingerprint density at radius 1 is 0.769 bits per heavy atom. The second kappa shape index (κ2) is 19.1. The SMILES string of the molecule is CCCCCCCCCCCCOc1ccc(C(=O)Oc2ccc(C=C(C)C(=O)OC[C@@H](C)CC)cc2)cc1. The molecule has 214 valence electrons. The highest BCUT2D eigenvalue weighted by Crippen LogP contribution is 2.19. The molecule has 0 radical (unpaired) electrons. The summed E-state index contributed by atoms with van der Waals surface area (Å²) in [7, 11) is 0. The maximum absolute atomic E-state index is 12.6. The second-order valence-corrected chi connectivity index (χ2v) is 10.5. The van der Waals surface area contributed by atoms with Gasteiger partial charge in [0.2, 0.25) is 0 Å². The van der Waals surface area contributed by atoms with Gasteiger partial charge in [0.05, 0.1) is 18.8 Å². The maximum atomic E-state index is 12.6. The molecule has 5 nitrogen and oxygen atoms in total. The van der Waals surface area contributed by atoms with E-state index in [1.165, 1.54) is 57.8 Å². The van der Waals surface area contributed by atoms with Crippen molar-refractivity contribution in [2.75, 3.05) is 13.2 Å². The molecule has 2 aromatic carbocycles. The lowest BCUT2D eigenvalue weighted by atomic mass is 10.1. The number of esters is 2. The van der Waals surface area contributed by atoms with Crippen molar-refractivity contribution in [3.8, 4) is 11.5 Å². The minimum atomic E-state index is -0.427. The van der Waals surface area contributed by atoms with Crippen LogP contribution < -0.4 is 9.47 Å². The zero-order chi connectivity index (χ0) is 28.3. The van der Waals surface area contributed by atoms with E-state index in [9.17, 15) is 9.59 Å². The first-order chi connectivity index (χ1) is 18.9. The molecule has 2 aromatic rings. The monoisotopic (exact) mass is 536 g/mol. The van der Waals surface area contributed by atoms with Crippen LogP contribution in [0.4, 0.5) is 0 Å². The Labute approximate surface area is 235 Å². The zero-order valence-corrected chi connectivity index (χ0v) is 24.5. The summed E-state index contributed by atoms with van der Waals surface area (Å²) in [6, 6.07) is 14.1. The lowest BCUT2D eigenvalue weighted by molar-refractivity contribution is -0.140. The van der Waals surface area contributed by atoms with Gasteiger partial charge in [0.1, 0.15) is 11.5 Å². The molecule has 39 heavy (non-hydrogen) atoms. The number of hydrogen-bond acceptors (Lipinski definition) is 5. The number of benzene rings is 2. The number of carbonyl (C=O) groups excluding carboxylic acids is 2. The molecule has 0 heterocycles. The Balaban J connectivity index is 1.69. The number of carbonyl (C=O) groups is 2. The van der Waals surface area contributed by atoms with E-state index in [-0.39, 0.29) is 5.97 Å². The van der Waals surface area contributed by atoms with Crippen LogP contribution in [0.3, 0.4) is 0 Å². The van der Waals surface area contributed by atoms with E-state index >= 15 is 0 Å². The third-order valence-electron chi connectivity index (χ3n) is 6.85. The molecule has 0 bridgehead atoms. The predicted octanol–water partition coefficient (Wildman–Crippen LogP) is 9.20. The Bertz CT molecular complexity index is 991. The van der Waals surface area contributed by atoms with Gasteiger partial charge in [-0.3, -0.25) is 0 Å². The highest BCUT2D eigenvalue weighted by atomic mass is 16.5. The lowest BCUT2D eigenvalue weighted by Crippen LogP contribution is -2.12. The van der Waals surface area contributed by atoms with Gasteiger partial charge in [-0.1, -0.05) is 97.1 Å². The van der Waals surface area contributed by atoms with Gasteiger partial charge >= 0.3 is 11.9 Å². The molecule has 0 aliphatic carbocycles. The molecule has 0 fully saturated rings. The summed E-state index contributed by atoms with van der Waals surface area (Å²) in [4.78, 5) is 24.7. The molecular formula is C34H48O5. The van der Waals surface area contributed by atoms with Crippen molar-refractivity contribution in [1.82, 2.24) is 0 Å². The first kappa shape index (κ1) is 32.1. The van der Waals surface area contributed by atoms with E-state index in [2.05, 4.69) is 20.8 Å². The fraction of sp³-hybridized carbons (Fsp3) is 0.529. The van der Waals surface area contributed by atoms with Crippen LogP contribution >= 0.6 is 0 Å². The summed E-state index contributed by atoms with van der Waals surface area (Å²) in [5, 5.41) is 0. The van der Waals surface area contributed by atoms with E-state index in [0.717, 1.165) is 24.2 Å². The van der Waals surface area contributed by atoms with E-state index in [1.54, 1.807) is 49.4 Å². The molecule has 0 saturated heterocycles. The number of rotatable bonds is 19. The summed E-state index contributed by atoms with van der Waals surface area (Å²) in [6.07, 6.45) is 15.7. The van der Waals surface area contributed by atoms with Gasteiger partial charge in [0, 0.05) is 5.57 Å². The largest absolute Gasteiger partial charge is 0.494 e. The van der Waals surface area contributed by atoms with Crippen LogP contribution in [0.25, 0.3) is 6.08 Å². The van der Waals surface area contributed by atoms with E-state index in [4.69, 9.17) is 14.2 Å². The van der Waals surface area contributed by atoms with Crippen molar-refractivity contribution in [1.29, 1.82) is 0 Å². The molecule has 0 spiro atoms. The molecule has 0 aromatic heterocycles. The topological polar surface area (TPSA) is 61.8 Å². The third kappa shape index (κ3) is 13.5. The molecule has 0 N–H and O–H groups in total. The van der Waals surface area contributed by atoms with Crippen LogP contribution in [-0.4, -0.2) is 25.2 Å². The fourth-order valence-corrected chi connectivity index (χ4v) is 4.02. The van der Waals surface area contributed by atoms with Crippen LogP contribution in [0.15, 0.2) is 54.1 Å². The number of hydrogen-bond donors (Lipinski definition) is 0. The van der Waals surface area contributed by atoms with Gasteiger partial charge in [-0.2, -0.15) is 0 Å². The van der Waals surface area contributed by atoms with Gasteiger partial charge < -0.3 is 14.2 Å². The van der Waals surface area contributed by atoms with Gasteiger partial charge in [0.15, 0.2) is 0 Å². The van der Waals surface area contributed by atoms with Crippen LogP contribution in [-0.2, 0) is 9.53 Å². The predicted molar refractivity (Wildman–Crippen MR) is 159 cm³/mol. The first-order valence-electron chi connectivity index (χ1n) is 14.8. The van der Waals surface area contributed by atoms with Gasteiger partial charge in [0.25, 0.3) is 0 Å². The average molecular weight is 537 g/mol. The second-order valence-electron chi connectivity index (χ2n) is 10.5.